The molecule has 0 saturated heterocycles. The van der Waals surface area contributed by atoms with E-state index in [0.29, 0.717) is 13.0 Å². The summed E-state index contributed by atoms with van der Waals surface area (Å²) in [5, 5.41) is 9.05. The van der Waals surface area contributed by atoms with E-state index in [1.165, 1.54) is 0 Å². The lowest BCUT2D eigenvalue weighted by atomic mass is 9.95. The molecule has 0 fully saturated rings. The summed E-state index contributed by atoms with van der Waals surface area (Å²) in [6, 6.07) is 7.38. The van der Waals surface area contributed by atoms with Gasteiger partial charge >= 0.3 is 5.97 Å². The lowest BCUT2D eigenvalue weighted by Crippen LogP contribution is -2.10. The smallest absolute Gasteiger partial charge is 0.311 e. The SMILES string of the molecule is O=C(O)C1CCCOc2ccccc21. The second-order valence-electron chi connectivity index (χ2n) is 3.42. The van der Waals surface area contributed by atoms with Gasteiger partial charge in [-0.15, -0.1) is 0 Å². The standard InChI is InChI=1S/C11H12O3/c12-11(13)9-5-3-7-14-10-6-2-1-4-8(9)10/h1-2,4,6,9H,3,5,7H2,(H,12,13). The van der Waals surface area contributed by atoms with Crippen molar-refractivity contribution in [2.45, 2.75) is 18.8 Å². The van der Waals surface area contributed by atoms with Crippen LogP contribution in [0.4, 0.5) is 0 Å². The minimum absolute atomic E-state index is 0.409. The van der Waals surface area contributed by atoms with Crippen molar-refractivity contribution < 1.29 is 14.6 Å². The highest BCUT2D eigenvalue weighted by atomic mass is 16.5. The molecule has 3 heteroatoms. The van der Waals surface area contributed by atoms with Crippen LogP contribution in [0.2, 0.25) is 0 Å². The molecule has 0 bridgehead atoms. The fourth-order valence-corrected chi connectivity index (χ4v) is 1.78. The van der Waals surface area contributed by atoms with Crippen LogP contribution < -0.4 is 4.74 Å². The summed E-state index contributed by atoms with van der Waals surface area (Å²) in [6.07, 6.45) is 1.46. The number of benzene rings is 1. The average molecular weight is 192 g/mol. The summed E-state index contributed by atoms with van der Waals surface area (Å²) in [5.74, 6) is -0.450. The summed E-state index contributed by atoms with van der Waals surface area (Å²) in [6.45, 7) is 0.612. The van der Waals surface area contributed by atoms with Crippen molar-refractivity contribution in [1.82, 2.24) is 0 Å². The molecule has 0 spiro atoms. The van der Waals surface area contributed by atoms with E-state index in [-0.39, 0.29) is 0 Å². The first kappa shape index (κ1) is 9.06. The Morgan fingerprint density at radius 3 is 3.00 bits per heavy atom. The molecule has 74 valence electrons. The Bertz CT molecular complexity index is 346. The molecular formula is C11H12O3. The highest BCUT2D eigenvalue weighted by Gasteiger charge is 2.24. The van der Waals surface area contributed by atoms with Gasteiger partial charge in [-0.1, -0.05) is 18.2 Å². The molecule has 14 heavy (non-hydrogen) atoms. The van der Waals surface area contributed by atoms with E-state index in [0.717, 1.165) is 17.7 Å². The molecule has 3 nitrogen and oxygen atoms in total. The van der Waals surface area contributed by atoms with Crippen molar-refractivity contribution in [2.75, 3.05) is 6.61 Å². The normalized spacial score (nSPS) is 20.4. The first-order valence-electron chi connectivity index (χ1n) is 4.73. The zero-order valence-electron chi connectivity index (χ0n) is 7.77. The molecule has 0 aromatic heterocycles. The molecule has 0 aliphatic carbocycles. The van der Waals surface area contributed by atoms with Crippen LogP contribution in [0.5, 0.6) is 5.75 Å². The zero-order valence-corrected chi connectivity index (χ0v) is 7.77. The Morgan fingerprint density at radius 2 is 2.21 bits per heavy atom. The minimum atomic E-state index is -0.761. The number of carboxylic acids is 1. The van der Waals surface area contributed by atoms with Gasteiger partial charge in [0.2, 0.25) is 0 Å². The second kappa shape index (κ2) is 3.70. The van der Waals surface area contributed by atoms with Crippen molar-refractivity contribution in [2.24, 2.45) is 0 Å². The third-order valence-electron chi connectivity index (χ3n) is 2.49. The van der Waals surface area contributed by atoms with E-state index >= 15 is 0 Å². The summed E-state index contributed by atoms with van der Waals surface area (Å²) in [4.78, 5) is 11.0. The van der Waals surface area contributed by atoms with Crippen molar-refractivity contribution in [1.29, 1.82) is 0 Å². The Morgan fingerprint density at radius 1 is 1.43 bits per heavy atom. The van der Waals surface area contributed by atoms with Gasteiger partial charge in [-0.3, -0.25) is 4.79 Å². The fourth-order valence-electron chi connectivity index (χ4n) is 1.78. The Labute approximate surface area is 82.3 Å². The molecule has 1 aliphatic heterocycles. The van der Waals surface area contributed by atoms with E-state index in [1.54, 1.807) is 0 Å². The van der Waals surface area contributed by atoms with Crippen LogP contribution >= 0.6 is 0 Å². The van der Waals surface area contributed by atoms with Gasteiger partial charge in [0.15, 0.2) is 0 Å². The average Bonchev–Trinajstić information content (AvgIpc) is 2.39. The number of hydrogen-bond acceptors (Lipinski definition) is 2. The minimum Gasteiger partial charge on any atom is -0.493 e. The van der Waals surface area contributed by atoms with Gasteiger partial charge in [-0.2, -0.15) is 0 Å². The first-order valence-corrected chi connectivity index (χ1v) is 4.73. The van der Waals surface area contributed by atoms with E-state index in [1.807, 2.05) is 24.3 Å². The van der Waals surface area contributed by atoms with Gasteiger partial charge < -0.3 is 9.84 Å². The van der Waals surface area contributed by atoms with Gasteiger partial charge in [0.25, 0.3) is 0 Å². The van der Waals surface area contributed by atoms with Gasteiger partial charge in [0, 0.05) is 5.56 Å². The van der Waals surface area contributed by atoms with Crippen LogP contribution in [0, 0.1) is 0 Å². The highest BCUT2D eigenvalue weighted by Crippen LogP contribution is 2.32. The lowest BCUT2D eigenvalue weighted by Gasteiger charge is -2.11. The molecular weight excluding hydrogens is 180 g/mol. The van der Waals surface area contributed by atoms with E-state index < -0.39 is 11.9 Å². The van der Waals surface area contributed by atoms with Crippen molar-refractivity contribution in [3.8, 4) is 5.75 Å². The topological polar surface area (TPSA) is 46.5 Å². The maximum absolute atomic E-state index is 11.0. The van der Waals surface area contributed by atoms with Crippen LogP contribution in [-0.4, -0.2) is 17.7 Å². The van der Waals surface area contributed by atoms with E-state index in [2.05, 4.69) is 0 Å². The van der Waals surface area contributed by atoms with Crippen LogP contribution in [0.25, 0.3) is 0 Å². The molecule has 2 rings (SSSR count). The Balaban J connectivity index is 2.42. The molecule has 0 saturated carbocycles. The highest BCUT2D eigenvalue weighted by molar-refractivity contribution is 5.77. The maximum atomic E-state index is 11.0. The quantitative estimate of drug-likeness (QED) is 0.740. The number of aliphatic carboxylic acids is 1. The Hall–Kier alpha value is -1.51. The number of carbonyl (C=O) groups is 1. The van der Waals surface area contributed by atoms with E-state index in [4.69, 9.17) is 9.84 Å². The predicted molar refractivity (Wildman–Crippen MR) is 51.5 cm³/mol. The third-order valence-corrected chi connectivity index (χ3v) is 2.49. The largest absolute Gasteiger partial charge is 0.493 e. The number of rotatable bonds is 1. The van der Waals surface area contributed by atoms with Crippen molar-refractivity contribution >= 4 is 5.97 Å². The monoisotopic (exact) mass is 192 g/mol. The van der Waals surface area contributed by atoms with Crippen LogP contribution in [0.1, 0.15) is 24.3 Å². The second-order valence-corrected chi connectivity index (χ2v) is 3.42. The molecule has 1 N–H and O–H groups in total. The number of para-hydroxylation sites is 1. The molecule has 1 heterocycles. The predicted octanol–water partition coefficient (Wildman–Crippen LogP) is 2.03. The summed E-state index contributed by atoms with van der Waals surface area (Å²) >= 11 is 0. The van der Waals surface area contributed by atoms with Crippen molar-refractivity contribution in [3.05, 3.63) is 29.8 Å². The van der Waals surface area contributed by atoms with Crippen molar-refractivity contribution in [3.63, 3.8) is 0 Å². The summed E-state index contributed by atoms with van der Waals surface area (Å²) < 4.78 is 5.47. The number of ether oxygens (including phenoxy) is 1. The molecule has 1 aliphatic rings. The molecule has 1 atom stereocenters. The third kappa shape index (κ3) is 1.58. The fraction of sp³-hybridized carbons (Fsp3) is 0.364. The van der Waals surface area contributed by atoms with Crippen LogP contribution in [0.15, 0.2) is 24.3 Å². The van der Waals surface area contributed by atoms with Crippen LogP contribution in [0.3, 0.4) is 0 Å². The molecule has 0 amide bonds. The molecule has 0 radical (unpaired) electrons. The lowest BCUT2D eigenvalue weighted by molar-refractivity contribution is -0.138. The van der Waals surface area contributed by atoms with E-state index in [9.17, 15) is 4.79 Å². The molecule has 1 aromatic rings. The maximum Gasteiger partial charge on any atom is 0.311 e. The van der Waals surface area contributed by atoms with Gasteiger partial charge in [-0.25, -0.2) is 0 Å². The number of carboxylic acid groups (broad SMARTS) is 1. The number of hydrogen-bond donors (Lipinski definition) is 1. The van der Waals surface area contributed by atoms with Gasteiger partial charge in [-0.05, 0) is 18.9 Å². The Kier molecular flexibility index (Phi) is 2.39. The summed E-state index contributed by atoms with van der Waals surface area (Å²) in [7, 11) is 0. The number of fused-ring (bicyclic) bond motifs is 1. The first-order chi connectivity index (χ1) is 6.79. The van der Waals surface area contributed by atoms with Crippen LogP contribution in [-0.2, 0) is 4.79 Å². The van der Waals surface area contributed by atoms with Gasteiger partial charge in [0.05, 0.1) is 12.5 Å². The molecule has 1 aromatic carbocycles. The molecule has 1 unspecified atom stereocenters. The zero-order chi connectivity index (χ0) is 9.97. The summed E-state index contributed by atoms with van der Waals surface area (Å²) in [5.41, 5.74) is 0.803. The van der Waals surface area contributed by atoms with Gasteiger partial charge in [0.1, 0.15) is 5.75 Å².